The molecule has 0 amide bonds. The average Bonchev–Trinajstić information content (AvgIpc) is 2.96. The monoisotopic (exact) mass is 375 g/mol. The SMILES string of the molecule is Cc1ccc([N+](=O)[O-])c(S(=O)(=O)Oc2ccc3nc(C#N)sc3c2)c1. The number of aromatic nitrogens is 1. The maximum atomic E-state index is 12.5. The first-order chi connectivity index (χ1) is 11.8. The van der Waals surface area contributed by atoms with Gasteiger partial charge in [-0.1, -0.05) is 6.07 Å². The third-order valence-electron chi connectivity index (χ3n) is 3.24. The van der Waals surface area contributed by atoms with Crippen LogP contribution in [-0.4, -0.2) is 18.3 Å². The largest absolute Gasteiger partial charge is 0.379 e. The number of nitriles is 1. The minimum atomic E-state index is -4.40. The van der Waals surface area contributed by atoms with E-state index in [-0.39, 0.29) is 10.8 Å². The van der Waals surface area contributed by atoms with Crippen molar-refractivity contribution >= 4 is 37.4 Å². The summed E-state index contributed by atoms with van der Waals surface area (Å²) in [5, 5.41) is 20.2. The minimum absolute atomic E-state index is 0.0172. The van der Waals surface area contributed by atoms with Crippen molar-refractivity contribution in [2.24, 2.45) is 0 Å². The van der Waals surface area contributed by atoms with Gasteiger partial charge in [0.1, 0.15) is 11.8 Å². The topological polar surface area (TPSA) is 123 Å². The number of aryl methyl sites for hydroxylation is 1. The summed E-state index contributed by atoms with van der Waals surface area (Å²) in [5.74, 6) is -0.0172. The van der Waals surface area contributed by atoms with Gasteiger partial charge in [0.25, 0.3) is 5.69 Å². The first kappa shape index (κ1) is 16.8. The van der Waals surface area contributed by atoms with Crippen LogP contribution >= 0.6 is 11.3 Å². The molecule has 126 valence electrons. The second-order valence-electron chi connectivity index (χ2n) is 5.03. The molecule has 0 atom stereocenters. The lowest BCUT2D eigenvalue weighted by Crippen LogP contribution is -2.12. The second kappa shape index (κ2) is 6.12. The molecule has 0 aliphatic rings. The van der Waals surface area contributed by atoms with Gasteiger partial charge < -0.3 is 4.18 Å². The normalized spacial score (nSPS) is 11.2. The van der Waals surface area contributed by atoms with Crippen LogP contribution < -0.4 is 4.18 Å². The third-order valence-corrected chi connectivity index (χ3v) is 5.44. The summed E-state index contributed by atoms with van der Waals surface area (Å²) in [6.45, 7) is 1.62. The Hall–Kier alpha value is -3.03. The van der Waals surface area contributed by atoms with Gasteiger partial charge in [-0.25, -0.2) is 4.98 Å². The van der Waals surface area contributed by atoms with E-state index in [1.54, 1.807) is 6.92 Å². The number of nitro groups is 1. The van der Waals surface area contributed by atoms with Gasteiger partial charge in [0.05, 0.1) is 15.1 Å². The van der Waals surface area contributed by atoms with Crippen molar-refractivity contribution in [3.63, 3.8) is 0 Å². The van der Waals surface area contributed by atoms with Crippen LogP contribution in [0.15, 0.2) is 41.3 Å². The molecule has 10 heteroatoms. The zero-order valence-electron chi connectivity index (χ0n) is 12.7. The molecule has 0 bridgehead atoms. The van der Waals surface area contributed by atoms with Gasteiger partial charge in [-0.3, -0.25) is 10.1 Å². The molecule has 0 radical (unpaired) electrons. The Morgan fingerprint density at radius 1 is 1.28 bits per heavy atom. The molecule has 3 rings (SSSR count). The molecule has 0 aliphatic heterocycles. The molecule has 0 N–H and O–H groups in total. The lowest BCUT2D eigenvalue weighted by atomic mass is 10.2. The van der Waals surface area contributed by atoms with Gasteiger partial charge in [0.15, 0.2) is 9.90 Å². The minimum Gasteiger partial charge on any atom is -0.379 e. The molecular weight excluding hydrogens is 366 g/mol. The standard InChI is InChI=1S/C15H9N3O5S2/c1-9-2-5-12(18(19)20)14(6-9)25(21,22)23-10-3-4-11-13(7-10)24-15(8-16)17-11/h2-7H,1H3. The van der Waals surface area contributed by atoms with Crippen LogP contribution in [-0.2, 0) is 10.1 Å². The smallest absolute Gasteiger partial charge is 0.346 e. The van der Waals surface area contributed by atoms with E-state index in [2.05, 4.69) is 4.98 Å². The molecule has 8 nitrogen and oxygen atoms in total. The van der Waals surface area contributed by atoms with Crippen molar-refractivity contribution in [1.82, 2.24) is 4.98 Å². The summed E-state index contributed by atoms with van der Waals surface area (Å²) in [6.07, 6.45) is 0. The average molecular weight is 375 g/mol. The number of benzene rings is 2. The number of nitrogens with zero attached hydrogens (tertiary/aromatic N) is 3. The fourth-order valence-electron chi connectivity index (χ4n) is 2.15. The molecule has 1 aromatic heterocycles. The Labute approximate surface area is 146 Å². The van der Waals surface area contributed by atoms with Gasteiger partial charge in [-0.2, -0.15) is 13.7 Å². The van der Waals surface area contributed by atoms with E-state index in [0.29, 0.717) is 15.8 Å². The number of nitro benzene ring substituents is 1. The first-order valence-electron chi connectivity index (χ1n) is 6.80. The lowest BCUT2D eigenvalue weighted by Gasteiger charge is -2.08. The molecule has 0 saturated carbocycles. The predicted molar refractivity (Wildman–Crippen MR) is 90.0 cm³/mol. The Bertz CT molecular complexity index is 1150. The quantitative estimate of drug-likeness (QED) is 0.390. The van der Waals surface area contributed by atoms with E-state index in [1.807, 2.05) is 6.07 Å². The van der Waals surface area contributed by atoms with Gasteiger partial charge in [0, 0.05) is 12.1 Å². The van der Waals surface area contributed by atoms with E-state index >= 15 is 0 Å². The second-order valence-corrected chi connectivity index (χ2v) is 7.57. The van der Waals surface area contributed by atoms with Crippen molar-refractivity contribution in [2.45, 2.75) is 11.8 Å². The predicted octanol–water partition coefficient (Wildman–Crippen LogP) is 3.15. The van der Waals surface area contributed by atoms with Crippen LogP contribution in [0.1, 0.15) is 10.6 Å². The van der Waals surface area contributed by atoms with E-state index in [9.17, 15) is 18.5 Å². The molecule has 3 aromatic rings. The Balaban J connectivity index is 2.04. The number of thiazole rings is 1. The highest BCUT2D eigenvalue weighted by molar-refractivity contribution is 7.87. The number of fused-ring (bicyclic) bond motifs is 1. The molecule has 1 heterocycles. The van der Waals surface area contributed by atoms with Crippen molar-refractivity contribution in [1.29, 1.82) is 5.26 Å². The molecule has 25 heavy (non-hydrogen) atoms. The van der Waals surface area contributed by atoms with Crippen molar-refractivity contribution in [3.8, 4) is 11.8 Å². The summed E-state index contributed by atoms with van der Waals surface area (Å²) in [6, 6.07) is 9.98. The fourth-order valence-corrected chi connectivity index (χ4v) is 4.12. The molecular formula is C15H9N3O5S2. The molecule has 0 spiro atoms. The highest BCUT2D eigenvalue weighted by Crippen LogP contribution is 2.30. The van der Waals surface area contributed by atoms with E-state index < -0.39 is 25.6 Å². The van der Waals surface area contributed by atoms with Crippen LogP contribution in [0.5, 0.6) is 5.75 Å². The van der Waals surface area contributed by atoms with Crippen LogP contribution in [0.3, 0.4) is 0 Å². The Morgan fingerprint density at radius 2 is 2.04 bits per heavy atom. The summed E-state index contributed by atoms with van der Waals surface area (Å²) < 4.78 is 30.6. The molecule has 0 aliphatic carbocycles. The van der Waals surface area contributed by atoms with Crippen molar-refractivity contribution < 1.29 is 17.5 Å². The lowest BCUT2D eigenvalue weighted by molar-refractivity contribution is -0.387. The summed E-state index contributed by atoms with van der Waals surface area (Å²) in [5.41, 5.74) is 0.522. The zero-order chi connectivity index (χ0) is 18.2. The van der Waals surface area contributed by atoms with Crippen LogP contribution in [0.2, 0.25) is 0 Å². The van der Waals surface area contributed by atoms with Crippen molar-refractivity contribution in [3.05, 3.63) is 57.1 Å². The maximum Gasteiger partial charge on any atom is 0.346 e. The van der Waals surface area contributed by atoms with E-state index in [4.69, 9.17) is 9.44 Å². The summed E-state index contributed by atoms with van der Waals surface area (Å²) >= 11 is 1.09. The van der Waals surface area contributed by atoms with Gasteiger partial charge >= 0.3 is 10.1 Å². The highest BCUT2D eigenvalue weighted by atomic mass is 32.2. The summed E-state index contributed by atoms with van der Waals surface area (Å²) in [7, 11) is -4.40. The highest BCUT2D eigenvalue weighted by Gasteiger charge is 2.28. The van der Waals surface area contributed by atoms with Gasteiger partial charge in [-0.15, -0.1) is 11.3 Å². The third kappa shape index (κ3) is 3.28. The van der Waals surface area contributed by atoms with Gasteiger partial charge in [-0.05, 0) is 30.7 Å². The van der Waals surface area contributed by atoms with E-state index in [0.717, 1.165) is 17.4 Å². The molecule has 0 fully saturated rings. The van der Waals surface area contributed by atoms with Gasteiger partial charge in [0.2, 0.25) is 0 Å². The zero-order valence-corrected chi connectivity index (χ0v) is 14.3. The van der Waals surface area contributed by atoms with Crippen LogP contribution in [0, 0.1) is 28.4 Å². The molecule has 0 saturated heterocycles. The molecule has 2 aromatic carbocycles. The fraction of sp³-hybridized carbons (Fsp3) is 0.0667. The van der Waals surface area contributed by atoms with Crippen LogP contribution in [0.4, 0.5) is 5.69 Å². The number of hydrogen-bond acceptors (Lipinski definition) is 8. The maximum absolute atomic E-state index is 12.5. The first-order valence-corrected chi connectivity index (χ1v) is 9.03. The molecule has 0 unspecified atom stereocenters. The summed E-state index contributed by atoms with van der Waals surface area (Å²) in [4.78, 5) is 13.8. The van der Waals surface area contributed by atoms with Crippen LogP contribution in [0.25, 0.3) is 10.2 Å². The number of rotatable bonds is 4. The van der Waals surface area contributed by atoms with E-state index in [1.165, 1.54) is 30.3 Å². The number of hydrogen-bond donors (Lipinski definition) is 0. The Morgan fingerprint density at radius 3 is 2.72 bits per heavy atom. The van der Waals surface area contributed by atoms with Crippen molar-refractivity contribution in [2.75, 3.05) is 0 Å². The Kier molecular flexibility index (Phi) is 4.12.